The summed E-state index contributed by atoms with van der Waals surface area (Å²) in [6.07, 6.45) is 6.16. The average molecular weight is 472 g/mol. The van der Waals surface area contributed by atoms with Gasteiger partial charge in [0, 0.05) is 35.8 Å². The highest BCUT2D eigenvalue weighted by Crippen LogP contribution is 2.29. The van der Waals surface area contributed by atoms with Crippen molar-refractivity contribution in [3.05, 3.63) is 70.7 Å². The molecule has 0 fully saturated rings. The molecule has 5 rings (SSSR count). The molecule has 1 N–H and O–H groups in total. The molecule has 1 aromatic carbocycles. The minimum absolute atomic E-state index is 0.186. The van der Waals surface area contributed by atoms with E-state index in [-0.39, 0.29) is 5.69 Å². The van der Waals surface area contributed by atoms with Gasteiger partial charge in [0.1, 0.15) is 0 Å². The van der Waals surface area contributed by atoms with Crippen molar-refractivity contribution in [1.82, 2.24) is 54.9 Å². The maximum Gasteiger partial charge on any atom is 0.335 e. The van der Waals surface area contributed by atoms with Crippen molar-refractivity contribution in [2.24, 2.45) is 0 Å². The van der Waals surface area contributed by atoms with Gasteiger partial charge in [-0.2, -0.15) is 5.21 Å². The number of aryl methyl sites for hydroxylation is 2. The molecular weight excluding hydrogens is 446 g/mol. The second-order valence-corrected chi connectivity index (χ2v) is 8.13. The number of hydrogen-bond donors (Lipinski definition) is 1. The number of imidazole rings is 1. The van der Waals surface area contributed by atoms with Crippen LogP contribution in [0.2, 0.25) is 0 Å². The number of tetrazole rings is 2. The number of aromatic amines is 1. The van der Waals surface area contributed by atoms with Crippen LogP contribution in [-0.2, 0) is 19.5 Å². The van der Waals surface area contributed by atoms with Crippen LogP contribution in [0.5, 0.6) is 0 Å². The van der Waals surface area contributed by atoms with Gasteiger partial charge < -0.3 is 0 Å². The first-order valence-corrected chi connectivity index (χ1v) is 11.5. The quantitative estimate of drug-likeness (QED) is 0.346. The number of rotatable bonds is 9. The zero-order valence-corrected chi connectivity index (χ0v) is 19.5. The summed E-state index contributed by atoms with van der Waals surface area (Å²) < 4.78 is 4.91. The number of H-pyrrole nitrogens is 1. The lowest BCUT2D eigenvalue weighted by Gasteiger charge is -2.09. The van der Waals surface area contributed by atoms with Crippen LogP contribution in [0.15, 0.2) is 53.6 Å². The van der Waals surface area contributed by atoms with Crippen LogP contribution < -0.4 is 5.69 Å². The molecule has 0 aliphatic carbocycles. The molecule has 0 unspecified atom stereocenters. The van der Waals surface area contributed by atoms with Crippen molar-refractivity contribution in [2.75, 3.05) is 0 Å². The van der Waals surface area contributed by atoms with Crippen molar-refractivity contribution < 1.29 is 0 Å². The van der Waals surface area contributed by atoms with Gasteiger partial charge in [-0.05, 0) is 40.1 Å². The molecule has 0 amide bonds. The van der Waals surface area contributed by atoms with Crippen LogP contribution in [0, 0.1) is 0 Å². The molecule has 4 heterocycles. The highest BCUT2D eigenvalue weighted by Gasteiger charge is 2.18. The van der Waals surface area contributed by atoms with E-state index in [1.807, 2.05) is 49.5 Å². The smallest absolute Gasteiger partial charge is 0.290 e. The second kappa shape index (κ2) is 9.79. The summed E-state index contributed by atoms with van der Waals surface area (Å²) in [4.78, 5) is 18.0. The van der Waals surface area contributed by atoms with Crippen molar-refractivity contribution in [1.29, 1.82) is 0 Å². The molecule has 0 aliphatic heterocycles. The number of benzene rings is 1. The molecule has 12 heteroatoms. The van der Waals surface area contributed by atoms with Crippen molar-refractivity contribution >= 4 is 0 Å². The lowest BCUT2D eigenvalue weighted by molar-refractivity contribution is 0.562. The summed E-state index contributed by atoms with van der Waals surface area (Å²) in [6.45, 7) is 5.11. The van der Waals surface area contributed by atoms with E-state index in [4.69, 9.17) is 0 Å². The number of nitrogens with zero attached hydrogens (tertiary/aromatic N) is 10. The number of pyridine rings is 1. The zero-order valence-electron chi connectivity index (χ0n) is 19.5. The Morgan fingerprint density at radius 3 is 2.57 bits per heavy atom. The Bertz CT molecular complexity index is 1460. The molecule has 0 atom stereocenters. The molecule has 0 bridgehead atoms. The van der Waals surface area contributed by atoms with Gasteiger partial charge in [0.15, 0.2) is 0 Å². The molecule has 12 nitrogen and oxygen atoms in total. The van der Waals surface area contributed by atoms with Crippen molar-refractivity contribution in [3.63, 3.8) is 0 Å². The summed E-state index contributed by atoms with van der Waals surface area (Å²) in [5, 5.41) is 26.2. The Labute approximate surface area is 200 Å². The van der Waals surface area contributed by atoms with E-state index in [1.54, 1.807) is 15.4 Å². The maximum absolute atomic E-state index is 13.4. The van der Waals surface area contributed by atoms with E-state index < -0.39 is 0 Å². The Morgan fingerprint density at radius 1 is 1.00 bits per heavy atom. The van der Waals surface area contributed by atoms with Gasteiger partial charge in [-0.15, -0.1) is 10.2 Å². The molecule has 4 aromatic heterocycles. The minimum atomic E-state index is -0.186. The van der Waals surface area contributed by atoms with Gasteiger partial charge in [0.25, 0.3) is 5.95 Å². The molecule has 0 saturated heterocycles. The summed E-state index contributed by atoms with van der Waals surface area (Å²) in [5.41, 5.74) is 4.23. The first-order valence-electron chi connectivity index (χ1n) is 11.5. The zero-order chi connectivity index (χ0) is 24.2. The lowest BCUT2D eigenvalue weighted by Crippen LogP contribution is -2.27. The van der Waals surface area contributed by atoms with Gasteiger partial charge in [0.2, 0.25) is 5.82 Å². The van der Waals surface area contributed by atoms with Crippen LogP contribution in [0.1, 0.15) is 38.1 Å². The Balaban J connectivity index is 1.46. The molecule has 5 aromatic rings. The Kier molecular flexibility index (Phi) is 6.24. The van der Waals surface area contributed by atoms with E-state index in [1.165, 1.54) is 4.57 Å². The van der Waals surface area contributed by atoms with Gasteiger partial charge in [-0.25, -0.2) is 14.0 Å². The molecule has 0 radical (unpaired) electrons. The van der Waals surface area contributed by atoms with Gasteiger partial charge in [0.05, 0.1) is 12.2 Å². The monoisotopic (exact) mass is 471 g/mol. The largest absolute Gasteiger partial charge is 0.335 e. The molecule has 0 spiro atoms. The third-order valence-corrected chi connectivity index (χ3v) is 5.70. The van der Waals surface area contributed by atoms with Gasteiger partial charge in [-0.3, -0.25) is 9.55 Å². The van der Waals surface area contributed by atoms with Crippen LogP contribution >= 0.6 is 0 Å². The second-order valence-electron chi connectivity index (χ2n) is 8.13. The first-order chi connectivity index (χ1) is 17.2. The van der Waals surface area contributed by atoms with Gasteiger partial charge in [-0.1, -0.05) is 55.7 Å². The lowest BCUT2D eigenvalue weighted by atomic mass is 10.0. The predicted molar refractivity (Wildman–Crippen MR) is 128 cm³/mol. The van der Waals surface area contributed by atoms with E-state index in [9.17, 15) is 4.79 Å². The first kappa shape index (κ1) is 22.3. The standard InChI is InChI=1S/C23H25N11O/c1-3-7-18-15-33(22-27-30-31-34(22)12-4-2)23(35)32(18)14-17-11-10-16(13-24-17)19-8-5-6-9-20(19)21-25-28-29-26-21/h5-6,8-11,13,15H,3-4,7,12,14H2,1-2H3,(H,25,26,28,29). The molecule has 35 heavy (non-hydrogen) atoms. The topological polar surface area (TPSA) is 138 Å². The fourth-order valence-corrected chi connectivity index (χ4v) is 4.07. The number of nitrogens with one attached hydrogen (secondary N) is 1. The molecule has 178 valence electrons. The third kappa shape index (κ3) is 4.37. The predicted octanol–water partition coefficient (Wildman–Crippen LogP) is 2.28. The van der Waals surface area contributed by atoms with Crippen molar-refractivity contribution in [3.8, 4) is 28.5 Å². The summed E-state index contributed by atoms with van der Waals surface area (Å²) in [5.74, 6) is 0.946. The van der Waals surface area contributed by atoms with Crippen LogP contribution in [-0.4, -0.2) is 54.9 Å². The summed E-state index contributed by atoms with van der Waals surface area (Å²) >= 11 is 0. The Morgan fingerprint density at radius 2 is 1.86 bits per heavy atom. The minimum Gasteiger partial charge on any atom is -0.290 e. The average Bonchev–Trinajstić information content (AvgIpc) is 3.63. The van der Waals surface area contributed by atoms with Crippen molar-refractivity contribution in [2.45, 2.75) is 46.2 Å². The van der Waals surface area contributed by atoms with E-state index in [2.05, 4.69) is 48.1 Å². The van der Waals surface area contributed by atoms with Gasteiger partial charge >= 0.3 is 5.69 Å². The van der Waals surface area contributed by atoms with E-state index >= 15 is 0 Å². The normalized spacial score (nSPS) is 11.3. The van der Waals surface area contributed by atoms with Crippen LogP contribution in [0.3, 0.4) is 0 Å². The molecular formula is C23H25N11O. The van der Waals surface area contributed by atoms with E-state index in [0.29, 0.717) is 24.9 Å². The van der Waals surface area contributed by atoms with Crippen LogP contribution in [0.4, 0.5) is 0 Å². The number of hydrogen-bond acceptors (Lipinski definition) is 8. The highest BCUT2D eigenvalue weighted by atomic mass is 16.2. The van der Waals surface area contributed by atoms with E-state index in [0.717, 1.165) is 47.3 Å². The summed E-state index contributed by atoms with van der Waals surface area (Å²) in [6, 6.07) is 11.7. The molecule has 0 saturated carbocycles. The Hall–Kier alpha value is -4.48. The summed E-state index contributed by atoms with van der Waals surface area (Å²) in [7, 11) is 0. The maximum atomic E-state index is 13.4. The molecule has 0 aliphatic rings. The number of aromatic nitrogens is 11. The fraction of sp³-hybridized carbons (Fsp3) is 0.304. The fourth-order valence-electron chi connectivity index (χ4n) is 4.07. The third-order valence-electron chi connectivity index (χ3n) is 5.70. The van der Waals surface area contributed by atoms with Crippen LogP contribution in [0.25, 0.3) is 28.5 Å². The highest BCUT2D eigenvalue weighted by molar-refractivity contribution is 5.79. The SMILES string of the molecule is CCCc1cn(-c2nnnn2CCC)c(=O)n1Cc1ccc(-c2ccccc2-c2nn[nH]n2)cn1.